The first kappa shape index (κ1) is 13.8. The van der Waals surface area contributed by atoms with E-state index in [0.29, 0.717) is 6.04 Å². The molecule has 1 aromatic heterocycles. The number of nitrogens with zero attached hydrogens (tertiary/aromatic N) is 1. The quantitative estimate of drug-likeness (QED) is 0.755. The van der Waals surface area contributed by atoms with Crippen LogP contribution in [0.4, 0.5) is 0 Å². The van der Waals surface area contributed by atoms with Crippen molar-refractivity contribution in [2.24, 2.45) is 0 Å². The Morgan fingerprint density at radius 1 is 1.00 bits per heavy atom. The van der Waals surface area contributed by atoms with E-state index in [1.165, 1.54) is 27.5 Å². The summed E-state index contributed by atoms with van der Waals surface area (Å²) in [6, 6.07) is 17.6. The van der Waals surface area contributed by atoms with Crippen LogP contribution in [0, 0.1) is 0 Å². The van der Waals surface area contributed by atoms with Crippen molar-refractivity contribution in [3.8, 4) is 11.1 Å². The average Bonchev–Trinajstić information content (AvgIpc) is 2.56. The lowest BCUT2D eigenvalue weighted by Gasteiger charge is -2.15. The maximum absolute atomic E-state index is 4.37. The number of pyridine rings is 1. The third-order valence-corrected chi connectivity index (χ3v) is 4.05. The molecular formula is C19H20N2. The predicted octanol–water partition coefficient (Wildman–Crippen LogP) is 4.57. The zero-order valence-corrected chi connectivity index (χ0v) is 12.5. The summed E-state index contributed by atoms with van der Waals surface area (Å²) in [4.78, 5) is 4.37. The molecule has 21 heavy (non-hydrogen) atoms. The Morgan fingerprint density at radius 2 is 1.76 bits per heavy atom. The molecule has 2 nitrogen and oxygen atoms in total. The molecule has 2 heteroatoms. The predicted molar refractivity (Wildman–Crippen MR) is 89.3 cm³/mol. The normalized spacial score (nSPS) is 12.5. The van der Waals surface area contributed by atoms with Gasteiger partial charge in [-0.25, -0.2) is 0 Å². The monoisotopic (exact) mass is 276 g/mol. The molecule has 0 radical (unpaired) electrons. The molecule has 0 saturated heterocycles. The molecule has 0 bridgehead atoms. The first-order valence-electron chi connectivity index (χ1n) is 7.44. The topological polar surface area (TPSA) is 24.9 Å². The number of hydrogen-bond donors (Lipinski definition) is 1. The summed E-state index contributed by atoms with van der Waals surface area (Å²) in [5.74, 6) is 0. The van der Waals surface area contributed by atoms with Crippen LogP contribution < -0.4 is 5.32 Å². The second kappa shape index (κ2) is 6.06. The van der Waals surface area contributed by atoms with Crippen molar-refractivity contribution >= 4 is 10.8 Å². The Balaban J connectivity index is 2.03. The summed E-state index contributed by atoms with van der Waals surface area (Å²) in [6.07, 6.45) is 4.96. The first-order valence-corrected chi connectivity index (χ1v) is 7.44. The number of benzene rings is 2. The SMILES string of the molecule is CCC(NC)c1ccc(-c2cncc3ccccc23)cc1. The van der Waals surface area contributed by atoms with Crippen LogP contribution in [-0.4, -0.2) is 12.0 Å². The molecule has 0 fully saturated rings. The van der Waals surface area contributed by atoms with Crippen molar-refractivity contribution in [1.82, 2.24) is 10.3 Å². The highest BCUT2D eigenvalue weighted by Crippen LogP contribution is 2.28. The standard InChI is InChI=1S/C19H20N2/c1-3-19(20-2)15-10-8-14(9-11-15)18-13-21-12-16-6-4-5-7-17(16)18/h4-13,19-20H,3H2,1-2H3. The highest BCUT2D eigenvalue weighted by atomic mass is 14.9. The molecule has 0 saturated carbocycles. The average molecular weight is 276 g/mol. The third-order valence-electron chi connectivity index (χ3n) is 4.05. The molecule has 0 aliphatic heterocycles. The van der Waals surface area contributed by atoms with Gasteiger partial charge < -0.3 is 5.32 Å². The van der Waals surface area contributed by atoms with Crippen molar-refractivity contribution < 1.29 is 0 Å². The summed E-state index contributed by atoms with van der Waals surface area (Å²) < 4.78 is 0. The Kier molecular flexibility index (Phi) is 3.98. The minimum atomic E-state index is 0.421. The van der Waals surface area contributed by atoms with E-state index in [9.17, 15) is 0 Å². The number of aromatic nitrogens is 1. The van der Waals surface area contributed by atoms with Crippen molar-refractivity contribution in [2.75, 3.05) is 7.05 Å². The van der Waals surface area contributed by atoms with Gasteiger partial charge in [-0.05, 0) is 30.0 Å². The van der Waals surface area contributed by atoms with Gasteiger partial charge in [-0.15, -0.1) is 0 Å². The lowest BCUT2D eigenvalue weighted by Crippen LogP contribution is -2.14. The molecule has 0 aliphatic rings. The Bertz CT molecular complexity index is 723. The summed E-state index contributed by atoms with van der Waals surface area (Å²) in [5, 5.41) is 5.78. The number of nitrogens with one attached hydrogen (secondary N) is 1. The van der Waals surface area contributed by atoms with Gasteiger partial charge in [0.05, 0.1) is 0 Å². The summed E-state index contributed by atoms with van der Waals surface area (Å²) in [5.41, 5.74) is 3.74. The van der Waals surface area contributed by atoms with Crippen molar-refractivity contribution in [2.45, 2.75) is 19.4 Å². The van der Waals surface area contributed by atoms with Crippen LogP contribution >= 0.6 is 0 Å². The summed E-state index contributed by atoms with van der Waals surface area (Å²) in [6.45, 7) is 2.20. The minimum absolute atomic E-state index is 0.421. The molecule has 1 atom stereocenters. The fourth-order valence-corrected chi connectivity index (χ4v) is 2.85. The van der Waals surface area contributed by atoms with Gasteiger partial charge in [0, 0.05) is 29.4 Å². The highest BCUT2D eigenvalue weighted by molar-refractivity contribution is 5.95. The van der Waals surface area contributed by atoms with Crippen molar-refractivity contribution in [3.63, 3.8) is 0 Å². The van der Waals surface area contributed by atoms with E-state index in [2.05, 4.69) is 65.8 Å². The van der Waals surface area contributed by atoms with Gasteiger partial charge >= 0.3 is 0 Å². The molecule has 0 amide bonds. The van der Waals surface area contributed by atoms with E-state index in [1.807, 2.05) is 19.4 Å². The molecule has 3 rings (SSSR count). The molecule has 3 aromatic rings. The largest absolute Gasteiger partial charge is 0.313 e. The molecule has 106 valence electrons. The molecule has 1 unspecified atom stereocenters. The Hall–Kier alpha value is -2.19. The van der Waals surface area contributed by atoms with Crippen molar-refractivity contribution in [1.29, 1.82) is 0 Å². The molecular weight excluding hydrogens is 256 g/mol. The summed E-state index contributed by atoms with van der Waals surface area (Å²) >= 11 is 0. The van der Waals surface area contributed by atoms with E-state index in [4.69, 9.17) is 0 Å². The van der Waals surface area contributed by atoms with Gasteiger partial charge in [0.1, 0.15) is 0 Å². The fraction of sp³-hybridized carbons (Fsp3) is 0.211. The van der Waals surface area contributed by atoms with Crippen LogP contribution in [0.1, 0.15) is 24.9 Å². The van der Waals surface area contributed by atoms with Gasteiger partial charge in [-0.2, -0.15) is 0 Å². The highest BCUT2D eigenvalue weighted by Gasteiger charge is 2.08. The van der Waals surface area contributed by atoms with E-state index in [-0.39, 0.29) is 0 Å². The Labute approximate surface area is 125 Å². The first-order chi connectivity index (χ1) is 10.3. The van der Waals surface area contributed by atoms with Crippen LogP contribution in [0.3, 0.4) is 0 Å². The van der Waals surface area contributed by atoms with Gasteiger partial charge in [-0.3, -0.25) is 4.98 Å². The van der Waals surface area contributed by atoms with Crippen LogP contribution in [-0.2, 0) is 0 Å². The van der Waals surface area contributed by atoms with E-state index in [0.717, 1.165) is 6.42 Å². The van der Waals surface area contributed by atoms with Crippen LogP contribution in [0.25, 0.3) is 21.9 Å². The van der Waals surface area contributed by atoms with Gasteiger partial charge in [-0.1, -0.05) is 55.5 Å². The molecule has 1 heterocycles. The van der Waals surface area contributed by atoms with Crippen LogP contribution in [0.2, 0.25) is 0 Å². The zero-order chi connectivity index (χ0) is 14.7. The second-order valence-corrected chi connectivity index (χ2v) is 5.28. The van der Waals surface area contributed by atoms with E-state index in [1.54, 1.807) is 0 Å². The molecule has 0 aliphatic carbocycles. The lowest BCUT2D eigenvalue weighted by molar-refractivity contribution is 0.577. The smallest absolute Gasteiger partial charge is 0.0352 e. The lowest BCUT2D eigenvalue weighted by atomic mass is 9.97. The number of hydrogen-bond acceptors (Lipinski definition) is 2. The van der Waals surface area contributed by atoms with Crippen LogP contribution in [0.5, 0.6) is 0 Å². The fourth-order valence-electron chi connectivity index (χ4n) is 2.85. The maximum atomic E-state index is 4.37. The third kappa shape index (κ3) is 2.67. The number of fused-ring (bicyclic) bond motifs is 1. The van der Waals surface area contributed by atoms with Gasteiger partial charge in [0.2, 0.25) is 0 Å². The molecule has 1 N–H and O–H groups in total. The minimum Gasteiger partial charge on any atom is -0.313 e. The molecule has 2 aromatic carbocycles. The van der Waals surface area contributed by atoms with Crippen LogP contribution in [0.15, 0.2) is 60.9 Å². The zero-order valence-electron chi connectivity index (χ0n) is 12.5. The number of rotatable bonds is 4. The maximum Gasteiger partial charge on any atom is 0.0352 e. The Morgan fingerprint density at radius 3 is 2.48 bits per heavy atom. The van der Waals surface area contributed by atoms with Crippen molar-refractivity contribution in [3.05, 3.63) is 66.5 Å². The van der Waals surface area contributed by atoms with Gasteiger partial charge in [0.25, 0.3) is 0 Å². The van der Waals surface area contributed by atoms with Gasteiger partial charge in [0.15, 0.2) is 0 Å². The second-order valence-electron chi connectivity index (χ2n) is 5.28. The van der Waals surface area contributed by atoms with E-state index >= 15 is 0 Å². The summed E-state index contributed by atoms with van der Waals surface area (Å²) in [7, 11) is 2.01. The molecule has 0 spiro atoms. The van der Waals surface area contributed by atoms with E-state index < -0.39 is 0 Å².